The van der Waals surface area contributed by atoms with Crippen molar-refractivity contribution in [3.63, 3.8) is 0 Å². The molecule has 1 aromatic carbocycles. The highest BCUT2D eigenvalue weighted by Gasteiger charge is 2.22. The number of nitrogens with zero attached hydrogens (tertiary/aromatic N) is 2. The van der Waals surface area contributed by atoms with Crippen LogP contribution in [0.25, 0.3) is 0 Å². The molecule has 1 saturated heterocycles. The average Bonchev–Trinajstić information content (AvgIpc) is 2.46. The van der Waals surface area contributed by atoms with Gasteiger partial charge in [-0.2, -0.15) is 5.26 Å². The molecular weight excluding hydrogens is 245 g/mol. The fourth-order valence-electron chi connectivity index (χ4n) is 2.16. The van der Waals surface area contributed by atoms with Crippen LogP contribution < -0.4 is 10.2 Å². The van der Waals surface area contributed by atoms with E-state index in [2.05, 4.69) is 11.4 Å². The number of hydrogen-bond donors (Lipinski definition) is 1. The van der Waals surface area contributed by atoms with Gasteiger partial charge in [0.2, 0.25) is 0 Å². The van der Waals surface area contributed by atoms with Crippen molar-refractivity contribution < 1.29 is 9.13 Å². The molecule has 2 atom stereocenters. The molecule has 1 heterocycles. The maximum Gasteiger partial charge on any atom is 0.161 e. The Bertz CT molecular complexity index is 486. The Morgan fingerprint density at radius 2 is 2.37 bits per heavy atom. The van der Waals surface area contributed by atoms with Gasteiger partial charge in [-0.05, 0) is 31.7 Å². The molecule has 102 valence electrons. The molecule has 0 spiro atoms. The number of hydrogen-bond acceptors (Lipinski definition) is 4. The van der Waals surface area contributed by atoms with E-state index in [1.807, 2.05) is 24.9 Å². The minimum Gasteiger partial charge on any atom is -0.363 e. The highest BCUT2D eigenvalue weighted by molar-refractivity contribution is 5.50. The molecule has 0 saturated carbocycles. The lowest BCUT2D eigenvalue weighted by molar-refractivity contribution is 0.0762. The normalized spacial score (nSPS) is 20.9. The number of nitriles is 1. The second kappa shape index (κ2) is 6.00. The first-order valence-electron chi connectivity index (χ1n) is 6.38. The lowest BCUT2D eigenvalue weighted by Crippen LogP contribution is -2.42. The van der Waals surface area contributed by atoms with Crippen molar-refractivity contribution in [2.24, 2.45) is 0 Å². The fraction of sp³-hybridized carbons (Fsp3) is 0.500. The highest BCUT2D eigenvalue weighted by Crippen LogP contribution is 2.25. The molecule has 1 fully saturated rings. The average molecular weight is 263 g/mol. The lowest BCUT2D eigenvalue weighted by Gasteiger charge is -2.32. The third kappa shape index (κ3) is 3.03. The topological polar surface area (TPSA) is 48.3 Å². The fourth-order valence-corrected chi connectivity index (χ4v) is 2.16. The molecule has 1 aliphatic heterocycles. The Morgan fingerprint density at radius 3 is 3.00 bits per heavy atom. The van der Waals surface area contributed by atoms with Crippen LogP contribution in [0.4, 0.5) is 10.1 Å². The Labute approximate surface area is 112 Å². The second-order valence-corrected chi connectivity index (χ2v) is 4.66. The number of benzene rings is 1. The first-order valence-corrected chi connectivity index (χ1v) is 6.38. The largest absolute Gasteiger partial charge is 0.363 e. The van der Waals surface area contributed by atoms with Crippen LogP contribution in [0, 0.1) is 17.1 Å². The first kappa shape index (κ1) is 13.8. The van der Waals surface area contributed by atoms with E-state index in [-0.39, 0.29) is 11.9 Å². The van der Waals surface area contributed by atoms with Crippen LogP contribution in [0.5, 0.6) is 0 Å². The van der Waals surface area contributed by atoms with E-state index in [0.717, 1.165) is 5.56 Å². The van der Waals surface area contributed by atoms with E-state index >= 15 is 0 Å². The van der Waals surface area contributed by atoms with Gasteiger partial charge in [-0.25, -0.2) is 4.39 Å². The molecule has 1 N–H and O–H groups in total. The smallest absolute Gasteiger partial charge is 0.161 e. The van der Waals surface area contributed by atoms with E-state index in [9.17, 15) is 4.39 Å². The SMILES string of the molecule is CNC(C)c1ccc(N2CCOC(C#N)C2)c(F)c1. The summed E-state index contributed by atoms with van der Waals surface area (Å²) in [5, 5.41) is 12.0. The van der Waals surface area contributed by atoms with E-state index in [0.29, 0.717) is 25.4 Å². The summed E-state index contributed by atoms with van der Waals surface area (Å²) in [5.41, 5.74) is 1.45. The number of ether oxygens (including phenoxy) is 1. The van der Waals surface area contributed by atoms with E-state index in [4.69, 9.17) is 10.00 Å². The third-order valence-electron chi connectivity index (χ3n) is 3.46. The van der Waals surface area contributed by atoms with Crippen molar-refractivity contribution in [1.29, 1.82) is 5.26 Å². The standard InChI is InChI=1S/C14H18FN3O/c1-10(17-2)11-3-4-14(13(15)7-11)18-5-6-19-12(8-16)9-18/h3-4,7,10,12,17H,5-6,9H2,1-2H3. The Morgan fingerprint density at radius 1 is 1.58 bits per heavy atom. The van der Waals surface area contributed by atoms with Crippen LogP contribution in [0.1, 0.15) is 18.5 Å². The summed E-state index contributed by atoms with van der Waals surface area (Å²) < 4.78 is 19.4. The minimum atomic E-state index is -0.482. The molecule has 0 radical (unpaired) electrons. The van der Waals surface area contributed by atoms with Crippen molar-refractivity contribution in [2.45, 2.75) is 19.1 Å². The predicted octanol–water partition coefficient (Wildman–Crippen LogP) is 1.83. The molecule has 0 aromatic heterocycles. The third-order valence-corrected chi connectivity index (χ3v) is 3.46. The van der Waals surface area contributed by atoms with Crippen molar-refractivity contribution in [1.82, 2.24) is 5.32 Å². The Hall–Kier alpha value is -1.64. The van der Waals surface area contributed by atoms with Gasteiger partial charge in [0.15, 0.2) is 6.10 Å². The van der Waals surface area contributed by atoms with E-state index in [1.54, 1.807) is 12.1 Å². The van der Waals surface area contributed by atoms with E-state index < -0.39 is 6.10 Å². The van der Waals surface area contributed by atoms with Gasteiger partial charge in [0.1, 0.15) is 5.82 Å². The van der Waals surface area contributed by atoms with Gasteiger partial charge in [-0.3, -0.25) is 0 Å². The zero-order chi connectivity index (χ0) is 13.8. The van der Waals surface area contributed by atoms with Crippen LogP contribution in [0.2, 0.25) is 0 Å². The molecule has 0 aliphatic carbocycles. The van der Waals surface area contributed by atoms with Gasteiger partial charge < -0.3 is 15.0 Å². The molecule has 1 aliphatic rings. The van der Waals surface area contributed by atoms with Gasteiger partial charge in [-0.15, -0.1) is 0 Å². The number of halogens is 1. The monoisotopic (exact) mass is 263 g/mol. The van der Waals surface area contributed by atoms with Gasteiger partial charge in [0.25, 0.3) is 0 Å². The molecule has 1 aromatic rings. The molecule has 5 heteroatoms. The van der Waals surface area contributed by atoms with Crippen LogP contribution >= 0.6 is 0 Å². The molecule has 0 bridgehead atoms. The van der Waals surface area contributed by atoms with E-state index in [1.165, 1.54) is 0 Å². The number of nitrogens with one attached hydrogen (secondary N) is 1. The molecule has 0 amide bonds. The Kier molecular flexibility index (Phi) is 4.35. The van der Waals surface area contributed by atoms with Crippen molar-refractivity contribution in [2.75, 3.05) is 31.6 Å². The van der Waals surface area contributed by atoms with Crippen molar-refractivity contribution in [3.8, 4) is 6.07 Å². The summed E-state index contributed by atoms with van der Waals surface area (Å²) in [7, 11) is 1.84. The van der Waals surface area contributed by atoms with Gasteiger partial charge >= 0.3 is 0 Å². The second-order valence-electron chi connectivity index (χ2n) is 4.66. The molecular formula is C14H18FN3O. The summed E-state index contributed by atoms with van der Waals surface area (Å²) in [5.74, 6) is -0.252. The summed E-state index contributed by atoms with van der Waals surface area (Å²) in [6.07, 6.45) is -0.482. The summed E-state index contributed by atoms with van der Waals surface area (Å²) >= 11 is 0. The predicted molar refractivity (Wildman–Crippen MR) is 71.4 cm³/mol. The van der Waals surface area contributed by atoms with Gasteiger partial charge in [0.05, 0.1) is 24.9 Å². The summed E-state index contributed by atoms with van der Waals surface area (Å²) in [6.45, 7) is 3.45. The molecule has 19 heavy (non-hydrogen) atoms. The number of rotatable bonds is 3. The van der Waals surface area contributed by atoms with Gasteiger partial charge in [-0.1, -0.05) is 6.07 Å². The van der Waals surface area contributed by atoms with Crippen molar-refractivity contribution in [3.05, 3.63) is 29.6 Å². The lowest BCUT2D eigenvalue weighted by atomic mass is 10.1. The van der Waals surface area contributed by atoms with Gasteiger partial charge in [0, 0.05) is 12.6 Å². The number of anilines is 1. The molecule has 2 rings (SSSR count). The summed E-state index contributed by atoms with van der Waals surface area (Å²) in [4.78, 5) is 1.86. The highest BCUT2D eigenvalue weighted by atomic mass is 19.1. The van der Waals surface area contributed by atoms with Crippen LogP contribution in [0.3, 0.4) is 0 Å². The van der Waals surface area contributed by atoms with Crippen LogP contribution in [0.15, 0.2) is 18.2 Å². The van der Waals surface area contributed by atoms with Crippen LogP contribution in [-0.2, 0) is 4.74 Å². The maximum absolute atomic E-state index is 14.2. The van der Waals surface area contributed by atoms with Crippen molar-refractivity contribution >= 4 is 5.69 Å². The quantitative estimate of drug-likeness (QED) is 0.904. The first-order chi connectivity index (χ1) is 9.15. The zero-order valence-corrected chi connectivity index (χ0v) is 11.2. The summed E-state index contributed by atoms with van der Waals surface area (Å²) in [6, 6.07) is 7.41. The Balaban J connectivity index is 2.19. The molecule has 4 nitrogen and oxygen atoms in total. The maximum atomic E-state index is 14.2. The number of morpholine rings is 1. The minimum absolute atomic E-state index is 0.111. The molecule has 2 unspecified atom stereocenters. The zero-order valence-electron chi connectivity index (χ0n) is 11.2. The van der Waals surface area contributed by atoms with Crippen LogP contribution in [-0.4, -0.2) is 32.8 Å².